The fraction of sp³-hybridized carbons (Fsp3) is 0.389. The number of carbonyl (C=O) groups excluding carboxylic acids is 2. The number of ether oxygens (including phenoxy) is 2. The maximum Gasteiger partial charge on any atom is 0.340 e. The van der Waals surface area contributed by atoms with Gasteiger partial charge in [0.1, 0.15) is 17.3 Å². The van der Waals surface area contributed by atoms with E-state index in [2.05, 4.69) is 38.1 Å². The highest BCUT2D eigenvalue weighted by Gasteiger charge is 2.68. The molecule has 6 aliphatic rings. The molecule has 0 radical (unpaired) electrons. The number of unbranched alkanes of at least 4 members (excludes halogenated alkanes) is 2. The lowest BCUT2D eigenvalue weighted by molar-refractivity contribution is -0.135. The van der Waals surface area contributed by atoms with Crippen LogP contribution in [0.25, 0.3) is 16.7 Å². The summed E-state index contributed by atoms with van der Waals surface area (Å²) in [5.74, 6) is 1.12. The molecule has 2 heterocycles. The Balaban J connectivity index is 1.50. The molecule has 2 aromatic rings. The summed E-state index contributed by atoms with van der Waals surface area (Å²) in [5.41, 5.74) is 5.69. The monoisotopic (exact) mass is 548 g/mol. The number of cyclic esters (lactones) is 2. The van der Waals surface area contributed by atoms with Crippen molar-refractivity contribution in [3.63, 3.8) is 0 Å². The van der Waals surface area contributed by atoms with Gasteiger partial charge < -0.3 is 14.6 Å². The molecule has 0 amide bonds. The van der Waals surface area contributed by atoms with Crippen molar-refractivity contribution in [1.82, 2.24) is 0 Å². The summed E-state index contributed by atoms with van der Waals surface area (Å²) in [6.07, 6.45) is 11.1. The average Bonchev–Trinajstić information content (AvgIpc) is 3.48. The number of phenolic OH excluding ortho intramolecular Hbond substituents is 1. The smallest absolute Gasteiger partial charge is 0.340 e. The van der Waals surface area contributed by atoms with Gasteiger partial charge in [-0.25, -0.2) is 9.59 Å². The number of phenols is 1. The highest BCUT2D eigenvalue weighted by atomic mass is 16.5. The molecule has 2 aliphatic heterocycles. The lowest BCUT2D eigenvalue weighted by atomic mass is 9.44. The van der Waals surface area contributed by atoms with Gasteiger partial charge in [0.25, 0.3) is 0 Å². The van der Waals surface area contributed by atoms with Gasteiger partial charge in [-0.1, -0.05) is 63.1 Å². The fourth-order valence-electron chi connectivity index (χ4n) is 8.43. The summed E-state index contributed by atoms with van der Waals surface area (Å²) in [4.78, 5) is 27.6. The zero-order valence-electron chi connectivity index (χ0n) is 23.7. The van der Waals surface area contributed by atoms with E-state index in [4.69, 9.17) is 9.47 Å². The Morgan fingerprint density at radius 2 is 1.68 bits per heavy atom. The van der Waals surface area contributed by atoms with E-state index in [9.17, 15) is 14.7 Å². The first-order valence-corrected chi connectivity index (χ1v) is 15.2. The van der Waals surface area contributed by atoms with Gasteiger partial charge in [0.05, 0.1) is 11.0 Å². The molecule has 41 heavy (non-hydrogen) atoms. The van der Waals surface area contributed by atoms with Crippen LogP contribution in [0, 0.1) is 23.2 Å². The molecule has 4 aliphatic carbocycles. The van der Waals surface area contributed by atoms with Crippen molar-refractivity contribution in [2.24, 2.45) is 23.2 Å². The Hall–Kier alpha value is -3.86. The summed E-state index contributed by atoms with van der Waals surface area (Å²) < 4.78 is 12.1. The predicted molar refractivity (Wildman–Crippen MR) is 157 cm³/mol. The molecule has 0 aromatic heterocycles. The Morgan fingerprint density at radius 1 is 0.902 bits per heavy atom. The van der Waals surface area contributed by atoms with Crippen molar-refractivity contribution < 1.29 is 24.2 Å². The van der Waals surface area contributed by atoms with E-state index in [1.807, 2.05) is 30.3 Å². The third kappa shape index (κ3) is 3.74. The maximum absolute atomic E-state index is 14.0. The van der Waals surface area contributed by atoms with Crippen LogP contribution in [0.15, 0.2) is 88.9 Å². The van der Waals surface area contributed by atoms with Crippen molar-refractivity contribution in [2.75, 3.05) is 0 Å². The molecule has 0 unspecified atom stereocenters. The topological polar surface area (TPSA) is 72.8 Å². The van der Waals surface area contributed by atoms with Crippen LogP contribution in [-0.2, 0) is 19.1 Å². The molecule has 2 aromatic carbocycles. The number of aromatic hydroxyl groups is 1. The van der Waals surface area contributed by atoms with Crippen LogP contribution in [0.2, 0.25) is 0 Å². The maximum atomic E-state index is 14.0. The number of carbonyl (C=O) groups is 2. The second-order valence-corrected chi connectivity index (χ2v) is 12.1. The zero-order chi connectivity index (χ0) is 28.3. The third-order valence-corrected chi connectivity index (χ3v) is 9.96. The largest absolute Gasteiger partial charge is 0.508 e. The lowest BCUT2D eigenvalue weighted by Gasteiger charge is -2.56. The molecular weight excluding hydrogens is 512 g/mol. The second-order valence-electron chi connectivity index (χ2n) is 12.1. The van der Waals surface area contributed by atoms with Gasteiger partial charge in [-0.15, -0.1) is 0 Å². The van der Waals surface area contributed by atoms with Crippen molar-refractivity contribution in [3.8, 4) is 16.9 Å². The van der Waals surface area contributed by atoms with Gasteiger partial charge in [-0.05, 0) is 96.9 Å². The molecule has 5 nitrogen and oxygen atoms in total. The molecule has 2 fully saturated rings. The van der Waals surface area contributed by atoms with Crippen LogP contribution in [0.5, 0.6) is 5.75 Å². The van der Waals surface area contributed by atoms with Gasteiger partial charge in [-0.2, -0.15) is 0 Å². The minimum atomic E-state index is -0.708. The number of esters is 2. The van der Waals surface area contributed by atoms with Crippen LogP contribution in [0.4, 0.5) is 0 Å². The van der Waals surface area contributed by atoms with E-state index >= 15 is 0 Å². The van der Waals surface area contributed by atoms with E-state index in [0.29, 0.717) is 11.3 Å². The molecule has 1 saturated heterocycles. The molecule has 8 rings (SSSR count). The van der Waals surface area contributed by atoms with E-state index < -0.39 is 5.41 Å². The number of hydrogen-bond acceptors (Lipinski definition) is 5. The number of allylic oxidation sites excluding steroid dienone is 5. The summed E-state index contributed by atoms with van der Waals surface area (Å²) in [7, 11) is 0. The quantitative estimate of drug-likeness (QED) is 0.370. The second kappa shape index (κ2) is 9.90. The number of benzene rings is 2. The van der Waals surface area contributed by atoms with Crippen LogP contribution < -0.4 is 0 Å². The summed E-state index contributed by atoms with van der Waals surface area (Å²) in [6.45, 7) is 4.24. The molecule has 1 N–H and O–H groups in total. The van der Waals surface area contributed by atoms with Crippen LogP contribution >= 0.6 is 0 Å². The van der Waals surface area contributed by atoms with Gasteiger partial charge in [-0.3, -0.25) is 0 Å². The van der Waals surface area contributed by atoms with E-state index in [-0.39, 0.29) is 35.4 Å². The first kappa shape index (κ1) is 26.1. The van der Waals surface area contributed by atoms with Gasteiger partial charge >= 0.3 is 11.9 Å². The third-order valence-electron chi connectivity index (χ3n) is 9.96. The van der Waals surface area contributed by atoms with E-state index in [1.165, 1.54) is 0 Å². The SMILES string of the molecule is CCCC=C1OC(=O)C2=C1CC[C@H]1[C@@H]3CC[C@]4(C(=CCCC)OC(=O)C4=C3c3cc(O)ccc3-c3ccccc3)[C@H]21. The molecule has 4 atom stereocenters. The molecule has 2 bridgehead atoms. The highest BCUT2D eigenvalue weighted by molar-refractivity contribution is 6.07. The first-order chi connectivity index (χ1) is 20.0. The summed E-state index contributed by atoms with van der Waals surface area (Å²) in [6, 6.07) is 15.6. The van der Waals surface area contributed by atoms with Crippen molar-refractivity contribution in [1.29, 1.82) is 0 Å². The normalized spacial score (nSPS) is 30.0. The number of fused-ring (bicyclic) bond motifs is 1. The fourth-order valence-corrected chi connectivity index (χ4v) is 8.43. The Labute approximate surface area is 241 Å². The summed E-state index contributed by atoms with van der Waals surface area (Å²) in [5, 5.41) is 10.7. The average molecular weight is 549 g/mol. The Bertz CT molecular complexity index is 1570. The Morgan fingerprint density at radius 3 is 2.46 bits per heavy atom. The lowest BCUT2D eigenvalue weighted by Crippen LogP contribution is -2.52. The van der Waals surface area contributed by atoms with E-state index in [1.54, 1.807) is 6.07 Å². The molecule has 210 valence electrons. The van der Waals surface area contributed by atoms with Crippen LogP contribution in [0.1, 0.15) is 70.8 Å². The van der Waals surface area contributed by atoms with Crippen LogP contribution in [-0.4, -0.2) is 17.0 Å². The molecule has 5 heteroatoms. The first-order valence-electron chi connectivity index (χ1n) is 15.2. The van der Waals surface area contributed by atoms with Crippen molar-refractivity contribution in [3.05, 3.63) is 94.5 Å². The molecule has 1 spiro atoms. The zero-order valence-corrected chi connectivity index (χ0v) is 23.7. The van der Waals surface area contributed by atoms with Gasteiger partial charge in [0.15, 0.2) is 0 Å². The minimum absolute atomic E-state index is 0.0738. The highest BCUT2D eigenvalue weighted by Crippen LogP contribution is 2.72. The van der Waals surface area contributed by atoms with Crippen molar-refractivity contribution in [2.45, 2.75) is 65.2 Å². The van der Waals surface area contributed by atoms with Gasteiger partial charge in [0, 0.05) is 17.1 Å². The van der Waals surface area contributed by atoms with Crippen LogP contribution in [0.3, 0.4) is 0 Å². The van der Waals surface area contributed by atoms with E-state index in [0.717, 1.165) is 90.5 Å². The molecular formula is C36H36O5. The number of hydrogen-bond donors (Lipinski definition) is 1. The Kier molecular flexibility index (Phi) is 6.29. The minimum Gasteiger partial charge on any atom is -0.508 e. The number of rotatable bonds is 6. The predicted octanol–water partition coefficient (Wildman–Crippen LogP) is 8.03. The summed E-state index contributed by atoms with van der Waals surface area (Å²) >= 11 is 0. The standard InChI is InChI=1S/C36H36O5/c1-3-5-12-28-26-17-16-25-24-18-19-36(32(25)31(26)34(38)40-28)29(13-6-4-2)41-35(39)33(36)30(24)27-20-22(37)14-15-23(27)21-10-8-7-9-11-21/h7-15,20,24-25,32,37H,3-6,16-19H2,1-2H3/t24-,25-,32-,36-/m0/s1. The van der Waals surface area contributed by atoms with Gasteiger partial charge in [0.2, 0.25) is 0 Å². The van der Waals surface area contributed by atoms with Crippen molar-refractivity contribution >= 4 is 17.5 Å². The molecule has 1 saturated carbocycles.